The molecule has 0 bridgehead atoms. The van der Waals surface area contributed by atoms with Gasteiger partial charge in [-0.25, -0.2) is 0 Å². The summed E-state index contributed by atoms with van der Waals surface area (Å²) in [6.45, 7) is 2.41. The molecule has 2 atom stereocenters. The Labute approximate surface area is 98.4 Å². The van der Waals surface area contributed by atoms with Crippen LogP contribution in [0.4, 0.5) is 0 Å². The van der Waals surface area contributed by atoms with E-state index in [2.05, 4.69) is 6.92 Å². The van der Waals surface area contributed by atoms with Crippen LogP contribution < -0.4 is 5.73 Å². The highest BCUT2D eigenvalue weighted by Crippen LogP contribution is 2.34. The third-order valence-corrected chi connectivity index (χ3v) is 3.58. The van der Waals surface area contributed by atoms with Gasteiger partial charge in [-0.2, -0.15) is 0 Å². The quantitative estimate of drug-likeness (QED) is 0.595. The summed E-state index contributed by atoms with van der Waals surface area (Å²) in [5, 5.41) is 8.89. The van der Waals surface area contributed by atoms with Gasteiger partial charge in [0.25, 0.3) is 0 Å². The lowest BCUT2D eigenvalue weighted by atomic mass is 9.91. The van der Waals surface area contributed by atoms with Gasteiger partial charge in [0.05, 0.1) is 5.92 Å². The van der Waals surface area contributed by atoms with E-state index in [1.165, 1.54) is 32.1 Å². The van der Waals surface area contributed by atoms with Crippen LogP contribution >= 0.6 is 0 Å². The fourth-order valence-electron chi connectivity index (χ4n) is 2.23. The molecular formula is C13H25NO2. The van der Waals surface area contributed by atoms with Crippen LogP contribution in [0.15, 0.2) is 0 Å². The van der Waals surface area contributed by atoms with Crippen molar-refractivity contribution in [3.63, 3.8) is 0 Å². The number of rotatable bonds is 9. The molecule has 1 saturated carbocycles. The highest BCUT2D eigenvalue weighted by molar-refractivity contribution is 5.70. The number of hydrogen-bond donors (Lipinski definition) is 2. The fraction of sp³-hybridized carbons (Fsp3) is 0.923. The molecule has 0 aliphatic heterocycles. The van der Waals surface area contributed by atoms with Gasteiger partial charge in [0.1, 0.15) is 0 Å². The van der Waals surface area contributed by atoms with Gasteiger partial charge in [-0.15, -0.1) is 0 Å². The van der Waals surface area contributed by atoms with E-state index in [1.807, 2.05) is 0 Å². The van der Waals surface area contributed by atoms with Crippen molar-refractivity contribution >= 4 is 5.97 Å². The minimum absolute atomic E-state index is 0.266. The summed E-state index contributed by atoms with van der Waals surface area (Å²) in [7, 11) is 0. The topological polar surface area (TPSA) is 63.3 Å². The van der Waals surface area contributed by atoms with Crippen molar-refractivity contribution < 1.29 is 9.90 Å². The molecule has 16 heavy (non-hydrogen) atoms. The number of carboxylic acids is 1. The molecule has 94 valence electrons. The van der Waals surface area contributed by atoms with Crippen LogP contribution in [0.1, 0.15) is 51.9 Å². The molecule has 0 heterocycles. The average molecular weight is 227 g/mol. The predicted octanol–water partition coefficient (Wildman–Crippen LogP) is 2.64. The van der Waals surface area contributed by atoms with Gasteiger partial charge in [-0.1, -0.05) is 45.4 Å². The minimum Gasteiger partial charge on any atom is -0.481 e. The smallest absolute Gasteiger partial charge is 0.307 e. The summed E-state index contributed by atoms with van der Waals surface area (Å²) in [4.78, 5) is 10.8. The van der Waals surface area contributed by atoms with Crippen LogP contribution in [0.2, 0.25) is 0 Å². The molecule has 0 radical (unpaired) electrons. The normalized spacial score (nSPS) is 19.4. The maximum atomic E-state index is 10.8. The molecule has 0 spiro atoms. The SMILES string of the molecule is CC(CCCCC1CC1)CC(CN)C(=O)O. The van der Waals surface area contributed by atoms with Crippen molar-refractivity contribution in [2.75, 3.05) is 6.54 Å². The standard InChI is InChI=1S/C13H25NO2/c1-10(8-12(9-14)13(15)16)4-2-3-5-11-6-7-11/h10-12H,2-9,14H2,1H3,(H,15,16). The number of nitrogens with two attached hydrogens (primary N) is 1. The van der Waals surface area contributed by atoms with Crippen molar-refractivity contribution in [1.82, 2.24) is 0 Å². The van der Waals surface area contributed by atoms with Gasteiger partial charge in [0.15, 0.2) is 0 Å². The number of carboxylic acid groups (broad SMARTS) is 1. The zero-order valence-corrected chi connectivity index (χ0v) is 10.3. The van der Waals surface area contributed by atoms with Crippen molar-refractivity contribution in [2.24, 2.45) is 23.5 Å². The van der Waals surface area contributed by atoms with Gasteiger partial charge < -0.3 is 10.8 Å². The van der Waals surface area contributed by atoms with Crippen molar-refractivity contribution in [2.45, 2.75) is 51.9 Å². The average Bonchev–Trinajstić information content (AvgIpc) is 3.04. The predicted molar refractivity (Wildman–Crippen MR) is 65.2 cm³/mol. The van der Waals surface area contributed by atoms with Crippen molar-refractivity contribution in [3.8, 4) is 0 Å². The van der Waals surface area contributed by atoms with Crippen LogP contribution in [0.3, 0.4) is 0 Å². The molecule has 3 heteroatoms. The molecule has 3 nitrogen and oxygen atoms in total. The second-order valence-corrected chi connectivity index (χ2v) is 5.34. The Hall–Kier alpha value is -0.570. The molecule has 2 unspecified atom stereocenters. The molecular weight excluding hydrogens is 202 g/mol. The Morgan fingerprint density at radius 1 is 1.44 bits per heavy atom. The van der Waals surface area contributed by atoms with Crippen LogP contribution in [-0.4, -0.2) is 17.6 Å². The molecule has 0 aromatic heterocycles. The van der Waals surface area contributed by atoms with Gasteiger partial charge in [0, 0.05) is 6.54 Å². The monoisotopic (exact) mass is 227 g/mol. The second-order valence-electron chi connectivity index (χ2n) is 5.34. The van der Waals surface area contributed by atoms with E-state index in [-0.39, 0.29) is 12.5 Å². The summed E-state index contributed by atoms with van der Waals surface area (Å²) < 4.78 is 0. The maximum absolute atomic E-state index is 10.8. The highest BCUT2D eigenvalue weighted by Gasteiger charge is 2.21. The Morgan fingerprint density at radius 2 is 2.12 bits per heavy atom. The first kappa shape index (κ1) is 13.5. The van der Waals surface area contributed by atoms with E-state index in [9.17, 15) is 4.79 Å². The Morgan fingerprint density at radius 3 is 2.62 bits per heavy atom. The van der Waals surface area contributed by atoms with Gasteiger partial charge >= 0.3 is 5.97 Å². The lowest BCUT2D eigenvalue weighted by Crippen LogP contribution is -2.25. The fourth-order valence-corrected chi connectivity index (χ4v) is 2.23. The Bertz CT molecular complexity index is 214. The maximum Gasteiger partial charge on any atom is 0.307 e. The highest BCUT2D eigenvalue weighted by atomic mass is 16.4. The van der Waals surface area contributed by atoms with Crippen molar-refractivity contribution in [3.05, 3.63) is 0 Å². The van der Waals surface area contributed by atoms with E-state index < -0.39 is 5.97 Å². The lowest BCUT2D eigenvalue weighted by molar-refractivity contribution is -0.141. The lowest BCUT2D eigenvalue weighted by Gasteiger charge is -2.15. The summed E-state index contributed by atoms with van der Waals surface area (Å²) in [5.74, 6) is 0.417. The third-order valence-electron chi connectivity index (χ3n) is 3.58. The molecule has 0 amide bonds. The van der Waals surface area contributed by atoms with Crippen LogP contribution in [0.5, 0.6) is 0 Å². The number of hydrogen-bond acceptors (Lipinski definition) is 2. The Kier molecular flexibility index (Phi) is 5.81. The Balaban J connectivity index is 2.03. The first-order valence-electron chi connectivity index (χ1n) is 6.56. The summed E-state index contributed by atoms with van der Waals surface area (Å²) in [6.07, 6.45) is 8.69. The van der Waals surface area contributed by atoms with Gasteiger partial charge in [-0.05, 0) is 18.3 Å². The van der Waals surface area contributed by atoms with Gasteiger partial charge in [0.2, 0.25) is 0 Å². The first-order chi connectivity index (χ1) is 7.63. The van der Waals surface area contributed by atoms with E-state index >= 15 is 0 Å². The van der Waals surface area contributed by atoms with Crippen LogP contribution in [0, 0.1) is 17.8 Å². The summed E-state index contributed by atoms with van der Waals surface area (Å²) in [6, 6.07) is 0. The van der Waals surface area contributed by atoms with E-state index in [1.54, 1.807) is 0 Å². The van der Waals surface area contributed by atoms with Crippen molar-refractivity contribution in [1.29, 1.82) is 0 Å². The molecule has 1 fully saturated rings. The van der Waals surface area contributed by atoms with Gasteiger partial charge in [-0.3, -0.25) is 4.79 Å². The van der Waals surface area contributed by atoms with E-state index in [4.69, 9.17) is 10.8 Å². The molecule has 1 rings (SSSR count). The number of carbonyl (C=O) groups is 1. The molecule has 0 saturated heterocycles. The number of unbranched alkanes of at least 4 members (excludes halogenated alkanes) is 1. The summed E-state index contributed by atoms with van der Waals surface area (Å²) >= 11 is 0. The zero-order valence-electron chi connectivity index (χ0n) is 10.3. The third kappa shape index (κ3) is 5.50. The minimum atomic E-state index is -0.743. The number of aliphatic carboxylic acids is 1. The second kappa shape index (κ2) is 6.89. The first-order valence-corrected chi connectivity index (χ1v) is 6.56. The van der Waals surface area contributed by atoms with Crippen LogP contribution in [0.25, 0.3) is 0 Å². The molecule has 0 aromatic rings. The molecule has 1 aliphatic carbocycles. The summed E-state index contributed by atoms with van der Waals surface area (Å²) in [5.41, 5.74) is 5.44. The zero-order chi connectivity index (χ0) is 12.0. The molecule has 3 N–H and O–H groups in total. The van der Waals surface area contributed by atoms with Crippen LogP contribution in [-0.2, 0) is 4.79 Å². The van der Waals surface area contributed by atoms with E-state index in [0.29, 0.717) is 5.92 Å². The largest absolute Gasteiger partial charge is 0.481 e. The van der Waals surface area contributed by atoms with E-state index in [0.717, 1.165) is 18.8 Å². The molecule has 0 aromatic carbocycles. The molecule has 1 aliphatic rings.